The molecule has 0 bridgehead atoms. The summed E-state index contributed by atoms with van der Waals surface area (Å²) in [6.07, 6.45) is 3.03. The Morgan fingerprint density at radius 1 is 0.938 bits per heavy atom. The summed E-state index contributed by atoms with van der Waals surface area (Å²) in [4.78, 5) is 28.9. The normalized spacial score (nSPS) is 17.5. The van der Waals surface area contributed by atoms with Crippen molar-refractivity contribution in [2.45, 2.75) is 31.6 Å². The molecule has 3 aromatic carbocycles. The van der Waals surface area contributed by atoms with Crippen LogP contribution in [0.1, 0.15) is 47.5 Å². The number of anilines is 1. The van der Waals surface area contributed by atoms with Crippen LogP contribution >= 0.6 is 0 Å². The lowest BCUT2D eigenvalue weighted by atomic mass is 9.78. The monoisotopic (exact) mass is 427 g/mol. The van der Waals surface area contributed by atoms with E-state index in [4.69, 9.17) is 4.74 Å². The number of rotatable bonds is 7. The topological polar surface area (TPSA) is 46.6 Å². The number of ether oxygens (including phenoxy) is 1. The number of methoxy groups -OCH3 is 1. The van der Waals surface area contributed by atoms with Gasteiger partial charge >= 0.3 is 0 Å². The summed E-state index contributed by atoms with van der Waals surface area (Å²) in [6.45, 7) is 0.716. The lowest BCUT2D eigenvalue weighted by molar-refractivity contribution is -0.122. The Morgan fingerprint density at radius 3 is 2.25 bits per heavy atom. The first-order chi connectivity index (χ1) is 15.7. The van der Waals surface area contributed by atoms with Gasteiger partial charge in [-0.05, 0) is 54.8 Å². The first-order valence-corrected chi connectivity index (χ1v) is 11.3. The van der Waals surface area contributed by atoms with Crippen LogP contribution in [0.4, 0.5) is 5.69 Å². The van der Waals surface area contributed by atoms with Crippen LogP contribution in [0, 0.1) is 5.92 Å². The molecule has 4 nitrogen and oxygen atoms in total. The standard InChI is InChI=1S/C28H29NO3/c1-32-24-17-15-22(16-18-24)27(30)20-26(21-10-4-2-5-11-21)25-14-8-9-19-29(28(25)31)23-12-6-3-7-13-23/h2-7,10-13,15-18,25-26H,8-9,14,19-20H2,1H3. The van der Waals surface area contributed by atoms with Crippen molar-refractivity contribution in [3.63, 3.8) is 0 Å². The zero-order valence-electron chi connectivity index (χ0n) is 18.4. The Balaban J connectivity index is 1.64. The number of hydrogen-bond acceptors (Lipinski definition) is 3. The van der Waals surface area contributed by atoms with Crippen LogP contribution < -0.4 is 9.64 Å². The van der Waals surface area contributed by atoms with E-state index in [2.05, 4.69) is 0 Å². The van der Waals surface area contributed by atoms with Crippen LogP contribution in [0.15, 0.2) is 84.9 Å². The van der Waals surface area contributed by atoms with Crippen molar-refractivity contribution >= 4 is 17.4 Å². The lowest BCUT2D eigenvalue weighted by Crippen LogP contribution is -2.38. The summed E-state index contributed by atoms with van der Waals surface area (Å²) < 4.78 is 5.21. The molecule has 0 N–H and O–H groups in total. The average Bonchev–Trinajstić information content (AvgIpc) is 3.05. The number of ketones is 1. The van der Waals surface area contributed by atoms with E-state index in [0.29, 0.717) is 18.5 Å². The fourth-order valence-electron chi connectivity index (χ4n) is 4.59. The third-order valence-corrected chi connectivity index (χ3v) is 6.33. The number of nitrogens with zero attached hydrogens (tertiary/aromatic N) is 1. The number of benzene rings is 3. The minimum atomic E-state index is -0.234. The third-order valence-electron chi connectivity index (χ3n) is 6.33. The van der Waals surface area contributed by atoms with Gasteiger partial charge in [0.1, 0.15) is 5.75 Å². The second kappa shape index (κ2) is 10.3. The molecule has 3 aromatic rings. The second-order valence-corrected chi connectivity index (χ2v) is 8.30. The van der Waals surface area contributed by atoms with Crippen molar-refractivity contribution in [1.29, 1.82) is 0 Å². The van der Waals surface area contributed by atoms with Gasteiger partial charge in [0.25, 0.3) is 0 Å². The number of Topliss-reactive ketones (excluding diaryl/α,β-unsaturated/α-hetero) is 1. The zero-order valence-corrected chi connectivity index (χ0v) is 18.4. The first-order valence-electron chi connectivity index (χ1n) is 11.3. The first kappa shape index (κ1) is 21.8. The molecule has 1 amide bonds. The maximum Gasteiger partial charge on any atom is 0.230 e. The summed E-state index contributed by atoms with van der Waals surface area (Å²) in [7, 11) is 1.61. The minimum absolute atomic E-state index is 0.0461. The molecule has 1 aliphatic heterocycles. The van der Waals surface area contributed by atoms with Crippen LogP contribution in [-0.4, -0.2) is 25.3 Å². The maximum absolute atomic E-state index is 13.8. The van der Waals surface area contributed by atoms with Gasteiger partial charge in [-0.3, -0.25) is 9.59 Å². The molecule has 0 spiro atoms. The average molecular weight is 428 g/mol. The fraction of sp³-hybridized carbons (Fsp3) is 0.286. The summed E-state index contributed by atoms with van der Waals surface area (Å²) >= 11 is 0. The molecule has 4 heteroatoms. The maximum atomic E-state index is 13.8. The largest absolute Gasteiger partial charge is 0.497 e. The fourth-order valence-corrected chi connectivity index (χ4v) is 4.59. The van der Waals surface area contributed by atoms with Crippen LogP contribution in [0.3, 0.4) is 0 Å². The van der Waals surface area contributed by atoms with E-state index >= 15 is 0 Å². The van der Waals surface area contributed by atoms with Crippen molar-refractivity contribution in [3.05, 3.63) is 96.1 Å². The summed E-state index contributed by atoms with van der Waals surface area (Å²) in [5.74, 6) is 0.485. The number of hydrogen-bond donors (Lipinski definition) is 0. The molecule has 1 aliphatic rings. The summed E-state index contributed by atoms with van der Waals surface area (Å²) in [5, 5.41) is 0. The molecular formula is C28H29NO3. The third kappa shape index (κ3) is 4.91. The van der Waals surface area contributed by atoms with E-state index in [1.54, 1.807) is 31.4 Å². The zero-order chi connectivity index (χ0) is 22.3. The number of carbonyl (C=O) groups excluding carboxylic acids is 2. The van der Waals surface area contributed by atoms with Crippen LogP contribution in [0.5, 0.6) is 5.75 Å². The van der Waals surface area contributed by atoms with Crippen molar-refractivity contribution in [2.75, 3.05) is 18.6 Å². The Labute approximate surface area is 189 Å². The number of para-hydroxylation sites is 1. The van der Waals surface area contributed by atoms with E-state index in [-0.39, 0.29) is 23.5 Å². The SMILES string of the molecule is COc1ccc(C(=O)CC(c2ccccc2)C2CCCCN(c3ccccc3)C2=O)cc1. The Morgan fingerprint density at radius 2 is 1.59 bits per heavy atom. The summed E-state index contributed by atoms with van der Waals surface area (Å²) in [5.41, 5.74) is 2.62. The quantitative estimate of drug-likeness (QED) is 0.442. The second-order valence-electron chi connectivity index (χ2n) is 8.30. The van der Waals surface area contributed by atoms with E-state index in [1.165, 1.54) is 0 Å². The van der Waals surface area contributed by atoms with E-state index in [9.17, 15) is 9.59 Å². The highest BCUT2D eigenvalue weighted by Crippen LogP contribution is 2.37. The van der Waals surface area contributed by atoms with E-state index in [0.717, 1.165) is 36.3 Å². The molecule has 2 atom stereocenters. The van der Waals surface area contributed by atoms with Gasteiger partial charge in [-0.15, -0.1) is 0 Å². The van der Waals surface area contributed by atoms with Gasteiger partial charge in [0, 0.05) is 36.1 Å². The van der Waals surface area contributed by atoms with Gasteiger partial charge in [-0.1, -0.05) is 55.0 Å². The van der Waals surface area contributed by atoms with Crippen LogP contribution in [-0.2, 0) is 4.79 Å². The van der Waals surface area contributed by atoms with Gasteiger partial charge in [-0.25, -0.2) is 0 Å². The molecule has 0 aliphatic carbocycles. The van der Waals surface area contributed by atoms with Crippen molar-refractivity contribution < 1.29 is 14.3 Å². The lowest BCUT2D eigenvalue weighted by Gasteiger charge is -2.30. The molecule has 32 heavy (non-hydrogen) atoms. The van der Waals surface area contributed by atoms with Crippen molar-refractivity contribution in [2.24, 2.45) is 5.92 Å². The highest BCUT2D eigenvalue weighted by atomic mass is 16.5. The highest BCUT2D eigenvalue weighted by Gasteiger charge is 2.36. The predicted octanol–water partition coefficient (Wildman–Crippen LogP) is 5.89. The number of amides is 1. The summed E-state index contributed by atoms with van der Waals surface area (Å²) in [6, 6.07) is 27.1. The molecule has 0 aromatic heterocycles. The molecule has 2 unspecified atom stereocenters. The Hall–Kier alpha value is -3.40. The molecule has 1 saturated heterocycles. The molecule has 0 radical (unpaired) electrons. The van der Waals surface area contributed by atoms with Gasteiger partial charge in [0.2, 0.25) is 5.91 Å². The van der Waals surface area contributed by atoms with E-state index in [1.807, 2.05) is 65.6 Å². The van der Waals surface area contributed by atoms with Crippen LogP contribution in [0.25, 0.3) is 0 Å². The van der Waals surface area contributed by atoms with Gasteiger partial charge in [0.05, 0.1) is 7.11 Å². The smallest absolute Gasteiger partial charge is 0.230 e. The van der Waals surface area contributed by atoms with E-state index < -0.39 is 0 Å². The van der Waals surface area contributed by atoms with Crippen LogP contribution in [0.2, 0.25) is 0 Å². The van der Waals surface area contributed by atoms with Gasteiger partial charge in [-0.2, -0.15) is 0 Å². The molecule has 0 saturated carbocycles. The van der Waals surface area contributed by atoms with Crippen molar-refractivity contribution in [3.8, 4) is 5.75 Å². The molecular weight excluding hydrogens is 398 g/mol. The van der Waals surface area contributed by atoms with Gasteiger partial charge < -0.3 is 9.64 Å². The molecule has 164 valence electrons. The highest BCUT2D eigenvalue weighted by molar-refractivity contribution is 5.99. The van der Waals surface area contributed by atoms with Gasteiger partial charge in [0.15, 0.2) is 5.78 Å². The molecule has 1 fully saturated rings. The predicted molar refractivity (Wildman–Crippen MR) is 127 cm³/mol. The van der Waals surface area contributed by atoms with Crippen molar-refractivity contribution in [1.82, 2.24) is 0 Å². The number of carbonyl (C=O) groups is 2. The molecule has 4 rings (SSSR count). The Kier molecular flexibility index (Phi) is 7.00. The minimum Gasteiger partial charge on any atom is -0.497 e. The molecule has 1 heterocycles. The Bertz CT molecular complexity index is 1030.